The van der Waals surface area contributed by atoms with Gasteiger partial charge in [-0.25, -0.2) is 24.1 Å². The Kier molecular flexibility index (Phi) is 6.55. The molecule has 2 aromatic carbocycles. The SMILES string of the molecule is Cc1ncc(N(C)C(=O)O[C@@H]2Cc3c(c(F)cc4nc(-c5cc(Cl)cc6cc(OC(F)F)cnc56)sc34)O2)cn1. The van der Waals surface area contributed by atoms with Crippen LogP contribution in [0.2, 0.25) is 5.02 Å². The summed E-state index contributed by atoms with van der Waals surface area (Å²) in [6.07, 6.45) is 2.46. The van der Waals surface area contributed by atoms with Gasteiger partial charge in [-0.2, -0.15) is 8.78 Å². The predicted octanol–water partition coefficient (Wildman–Crippen LogP) is 6.54. The Morgan fingerprint density at radius 3 is 2.70 bits per heavy atom. The second-order valence-corrected chi connectivity index (χ2v) is 10.2. The molecule has 1 amide bonds. The summed E-state index contributed by atoms with van der Waals surface area (Å²) < 4.78 is 56.6. The number of ether oxygens (including phenoxy) is 3. The van der Waals surface area contributed by atoms with Gasteiger partial charge in [0.05, 0.1) is 46.4 Å². The smallest absolute Gasteiger partial charge is 0.417 e. The van der Waals surface area contributed by atoms with E-state index in [0.29, 0.717) is 53.8 Å². The van der Waals surface area contributed by atoms with E-state index in [9.17, 15) is 13.6 Å². The molecule has 1 atom stereocenters. The zero-order valence-corrected chi connectivity index (χ0v) is 22.3. The van der Waals surface area contributed by atoms with Crippen LogP contribution in [0.15, 0.2) is 42.9 Å². The maximum Gasteiger partial charge on any atom is 0.417 e. The topological polar surface area (TPSA) is 99.6 Å². The molecule has 5 aromatic rings. The number of hydrogen-bond donors (Lipinski definition) is 0. The second kappa shape index (κ2) is 10.1. The Labute approximate surface area is 233 Å². The largest absolute Gasteiger partial charge is 0.451 e. The molecule has 6 rings (SSSR count). The van der Waals surface area contributed by atoms with E-state index in [-0.39, 0.29) is 17.9 Å². The first-order valence-corrected chi connectivity index (χ1v) is 12.9. The molecule has 0 N–H and O–H groups in total. The summed E-state index contributed by atoms with van der Waals surface area (Å²) in [5, 5.41) is 1.27. The Morgan fingerprint density at radius 2 is 1.95 bits per heavy atom. The number of hydrogen-bond acceptors (Lipinski definition) is 9. The Hall–Kier alpha value is -4.23. The third kappa shape index (κ3) is 4.82. The summed E-state index contributed by atoms with van der Waals surface area (Å²) in [5.74, 6) is -0.237. The standard InChI is InChI=1S/C26H17ClF3N5O4S/c1-11-31-8-14(9-32-11)35(2)26(36)39-20-6-17-22(38-20)18(28)7-19-23(17)40-24(34-19)16-5-13(27)3-12-4-15(37-25(29)30)10-33-21(12)16/h3-5,7-10,20,25H,6H2,1-2H3/t20-/m1/s1. The lowest BCUT2D eigenvalue weighted by molar-refractivity contribution is -0.0499. The molecule has 0 saturated heterocycles. The number of aryl methyl sites for hydroxylation is 1. The van der Waals surface area contributed by atoms with E-state index in [1.165, 1.54) is 54.0 Å². The Balaban J connectivity index is 1.31. The number of nitrogens with zero attached hydrogens (tertiary/aromatic N) is 5. The number of pyridine rings is 1. The van der Waals surface area contributed by atoms with Crippen molar-refractivity contribution in [2.24, 2.45) is 0 Å². The maximum absolute atomic E-state index is 15.0. The Bertz CT molecular complexity index is 1790. The van der Waals surface area contributed by atoms with E-state index >= 15 is 4.39 Å². The van der Waals surface area contributed by atoms with Gasteiger partial charge in [-0.1, -0.05) is 11.6 Å². The van der Waals surface area contributed by atoms with E-state index in [4.69, 9.17) is 21.1 Å². The number of carbonyl (C=O) groups is 1. The molecule has 0 saturated carbocycles. The van der Waals surface area contributed by atoms with E-state index in [2.05, 4.69) is 24.7 Å². The lowest BCUT2D eigenvalue weighted by atomic mass is 10.1. The molecule has 0 fully saturated rings. The minimum absolute atomic E-state index is 0.0234. The number of thiazole rings is 1. The van der Waals surface area contributed by atoms with Crippen LogP contribution >= 0.6 is 22.9 Å². The van der Waals surface area contributed by atoms with Crippen LogP contribution in [0.1, 0.15) is 11.4 Å². The van der Waals surface area contributed by atoms with Crippen molar-refractivity contribution in [3.8, 4) is 22.1 Å². The second-order valence-electron chi connectivity index (χ2n) is 8.79. The molecule has 204 valence electrons. The highest BCUT2D eigenvalue weighted by Crippen LogP contribution is 2.44. The highest BCUT2D eigenvalue weighted by molar-refractivity contribution is 7.22. The lowest BCUT2D eigenvalue weighted by Crippen LogP contribution is -2.33. The van der Waals surface area contributed by atoms with Gasteiger partial charge in [-0.05, 0) is 25.1 Å². The molecule has 0 radical (unpaired) electrons. The van der Waals surface area contributed by atoms with Crippen molar-refractivity contribution < 1.29 is 32.2 Å². The van der Waals surface area contributed by atoms with Crippen molar-refractivity contribution in [3.63, 3.8) is 0 Å². The molecule has 3 aromatic heterocycles. The quantitative estimate of drug-likeness (QED) is 0.229. The van der Waals surface area contributed by atoms with Gasteiger partial charge in [0.25, 0.3) is 6.29 Å². The molecule has 14 heteroatoms. The van der Waals surface area contributed by atoms with Crippen LogP contribution in [0, 0.1) is 12.7 Å². The molecular weight excluding hydrogens is 571 g/mol. The Morgan fingerprint density at radius 1 is 1.18 bits per heavy atom. The number of alkyl halides is 2. The normalized spacial score (nSPS) is 14.4. The molecule has 0 spiro atoms. The monoisotopic (exact) mass is 587 g/mol. The summed E-state index contributed by atoms with van der Waals surface area (Å²) in [4.78, 5) is 30.9. The average molecular weight is 588 g/mol. The number of aromatic nitrogens is 4. The van der Waals surface area contributed by atoms with Crippen molar-refractivity contribution in [2.75, 3.05) is 11.9 Å². The molecule has 40 heavy (non-hydrogen) atoms. The van der Waals surface area contributed by atoms with Crippen LogP contribution < -0.4 is 14.4 Å². The summed E-state index contributed by atoms with van der Waals surface area (Å²) >= 11 is 7.57. The maximum atomic E-state index is 15.0. The van der Waals surface area contributed by atoms with Crippen LogP contribution in [-0.4, -0.2) is 46.0 Å². The zero-order valence-electron chi connectivity index (χ0n) is 20.7. The van der Waals surface area contributed by atoms with Crippen molar-refractivity contribution in [1.29, 1.82) is 0 Å². The first kappa shape index (κ1) is 26.0. The molecule has 1 aliphatic heterocycles. The number of amides is 1. The number of carbonyl (C=O) groups excluding carboxylic acids is 1. The van der Waals surface area contributed by atoms with Gasteiger partial charge in [0.15, 0.2) is 11.6 Å². The minimum Gasteiger partial charge on any atom is -0.451 e. The zero-order chi connectivity index (χ0) is 28.1. The van der Waals surface area contributed by atoms with Crippen molar-refractivity contribution >= 4 is 55.8 Å². The molecule has 0 aliphatic carbocycles. The van der Waals surface area contributed by atoms with E-state index in [1.54, 1.807) is 19.1 Å². The number of benzene rings is 2. The molecule has 9 nitrogen and oxygen atoms in total. The number of rotatable bonds is 5. The lowest BCUT2D eigenvalue weighted by Gasteiger charge is -2.19. The highest BCUT2D eigenvalue weighted by atomic mass is 35.5. The first-order valence-electron chi connectivity index (χ1n) is 11.7. The fourth-order valence-corrected chi connectivity index (χ4v) is 5.63. The number of fused-ring (bicyclic) bond motifs is 4. The third-order valence-corrected chi connectivity index (χ3v) is 7.52. The molecule has 4 heterocycles. The fourth-order valence-electron chi connectivity index (χ4n) is 4.29. The summed E-state index contributed by atoms with van der Waals surface area (Å²) in [6.45, 7) is -1.28. The van der Waals surface area contributed by atoms with Gasteiger partial charge < -0.3 is 14.2 Å². The van der Waals surface area contributed by atoms with Crippen LogP contribution in [0.25, 0.3) is 31.7 Å². The van der Waals surface area contributed by atoms with E-state index in [1.807, 2.05) is 0 Å². The number of halogens is 4. The van der Waals surface area contributed by atoms with Crippen LogP contribution in [-0.2, 0) is 11.2 Å². The van der Waals surface area contributed by atoms with E-state index < -0.39 is 24.8 Å². The predicted molar refractivity (Wildman–Crippen MR) is 142 cm³/mol. The summed E-state index contributed by atoms with van der Waals surface area (Å²) in [6, 6.07) is 5.86. The van der Waals surface area contributed by atoms with Crippen molar-refractivity contribution in [3.05, 3.63) is 65.1 Å². The van der Waals surface area contributed by atoms with Gasteiger partial charge in [-0.3, -0.25) is 9.88 Å². The number of anilines is 1. The van der Waals surface area contributed by atoms with Crippen LogP contribution in [0.5, 0.6) is 11.5 Å². The summed E-state index contributed by atoms with van der Waals surface area (Å²) in [5.41, 5.74) is 2.27. The van der Waals surface area contributed by atoms with Gasteiger partial charge in [0.2, 0.25) is 0 Å². The molecule has 1 aliphatic rings. The molecular formula is C26H17ClF3N5O4S. The minimum atomic E-state index is -3.00. The van der Waals surface area contributed by atoms with Crippen molar-refractivity contribution in [1.82, 2.24) is 19.9 Å². The van der Waals surface area contributed by atoms with E-state index in [0.717, 1.165) is 0 Å². The van der Waals surface area contributed by atoms with Crippen molar-refractivity contribution in [2.45, 2.75) is 26.2 Å². The van der Waals surface area contributed by atoms with Crippen LogP contribution in [0.4, 0.5) is 23.7 Å². The fraction of sp³-hybridized carbons (Fsp3) is 0.192. The van der Waals surface area contributed by atoms with Gasteiger partial charge in [-0.15, -0.1) is 11.3 Å². The third-order valence-electron chi connectivity index (χ3n) is 6.14. The highest BCUT2D eigenvalue weighted by Gasteiger charge is 2.33. The van der Waals surface area contributed by atoms with Gasteiger partial charge in [0, 0.05) is 34.6 Å². The first-order chi connectivity index (χ1) is 19.2. The average Bonchev–Trinajstić information content (AvgIpc) is 3.52. The van der Waals surface area contributed by atoms with Crippen LogP contribution in [0.3, 0.4) is 0 Å². The molecule has 0 bridgehead atoms. The van der Waals surface area contributed by atoms with Gasteiger partial charge >= 0.3 is 12.7 Å². The summed E-state index contributed by atoms with van der Waals surface area (Å²) in [7, 11) is 1.50. The molecule has 0 unspecified atom stereocenters. The van der Waals surface area contributed by atoms with Gasteiger partial charge in [0.1, 0.15) is 16.6 Å².